The molecule has 1 aliphatic rings. The number of amides is 1. The number of carbonyl (C=O) groups is 1. The Morgan fingerprint density at radius 2 is 2.24 bits per heavy atom. The van der Waals surface area contributed by atoms with Crippen molar-refractivity contribution in [1.82, 2.24) is 20.0 Å². The Kier molecular flexibility index (Phi) is 2.95. The van der Waals surface area contributed by atoms with E-state index in [0.717, 1.165) is 25.3 Å². The van der Waals surface area contributed by atoms with E-state index in [9.17, 15) is 4.79 Å². The maximum Gasteiger partial charge on any atom is 0.272 e. The van der Waals surface area contributed by atoms with E-state index in [1.54, 1.807) is 4.68 Å². The van der Waals surface area contributed by atoms with Crippen molar-refractivity contribution < 1.29 is 4.79 Å². The van der Waals surface area contributed by atoms with Gasteiger partial charge in [-0.15, -0.1) is 0 Å². The highest BCUT2D eigenvalue weighted by Gasteiger charge is 2.30. The topological polar surface area (TPSA) is 50.2 Å². The molecular formula is C12H20N4O. The van der Waals surface area contributed by atoms with Crippen LogP contribution in [0.5, 0.6) is 0 Å². The molecule has 0 bridgehead atoms. The SMILES string of the molecule is Cc1cc(C(=O)N2CCNC(C)(C)C2)n(C)n1. The Labute approximate surface area is 102 Å². The third-order valence-corrected chi connectivity index (χ3v) is 3.08. The fourth-order valence-corrected chi connectivity index (χ4v) is 2.29. The van der Waals surface area contributed by atoms with E-state index < -0.39 is 0 Å². The summed E-state index contributed by atoms with van der Waals surface area (Å²) in [6, 6.07) is 1.84. The number of nitrogens with zero attached hydrogens (tertiary/aromatic N) is 3. The second-order valence-corrected chi connectivity index (χ2v) is 5.33. The molecule has 1 aromatic heterocycles. The normalized spacial score (nSPS) is 19.4. The van der Waals surface area contributed by atoms with Gasteiger partial charge in [0.15, 0.2) is 0 Å². The van der Waals surface area contributed by atoms with Gasteiger partial charge in [-0.05, 0) is 26.8 Å². The Bertz CT molecular complexity index is 436. The molecule has 94 valence electrons. The first-order chi connectivity index (χ1) is 7.89. The molecule has 2 heterocycles. The van der Waals surface area contributed by atoms with Crippen LogP contribution in [0.4, 0.5) is 0 Å². The summed E-state index contributed by atoms with van der Waals surface area (Å²) in [6.07, 6.45) is 0. The number of piperazine rings is 1. The van der Waals surface area contributed by atoms with Gasteiger partial charge in [-0.1, -0.05) is 0 Å². The third-order valence-electron chi connectivity index (χ3n) is 3.08. The standard InChI is InChI=1S/C12H20N4O/c1-9-7-10(15(4)14-9)11(17)16-6-5-13-12(2,3)8-16/h7,13H,5-6,8H2,1-4H3. The highest BCUT2D eigenvalue weighted by Crippen LogP contribution is 2.14. The van der Waals surface area contributed by atoms with E-state index in [0.29, 0.717) is 5.69 Å². The molecule has 2 rings (SSSR count). The molecule has 0 spiro atoms. The zero-order valence-electron chi connectivity index (χ0n) is 10.9. The molecule has 1 aliphatic heterocycles. The van der Waals surface area contributed by atoms with Crippen LogP contribution < -0.4 is 5.32 Å². The van der Waals surface area contributed by atoms with Crippen LogP contribution in [-0.4, -0.2) is 45.8 Å². The summed E-state index contributed by atoms with van der Waals surface area (Å²) < 4.78 is 1.66. The van der Waals surface area contributed by atoms with Crippen molar-refractivity contribution >= 4 is 5.91 Å². The number of aryl methyl sites for hydroxylation is 2. The molecule has 1 amide bonds. The Morgan fingerprint density at radius 3 is 2.76 bits per heavy atom. The molecule has 0 unspecified atom stereocenters. The number of hydrogen-bond acceptors (Lipinski definition) is 3. The predicted molar refractivity (Wildman–Crippen MR) is 65.9 cm³/mol. The first kappa shape index (κ1) is 12.1. The molecule has 0 saturated carbocycles. The summed E-state index contributed by atoms with van der Waals surface area (Å²) in [5.41, 5.74) is 1.53. The van der Waals surface area contributed by atoms with Gasteiger partial charge in [0.05, 0.1) is 5.69 Å². The van der Waals surface area contributed by atoms with Crippen molar-refractivity contribution in [3.63, 3.8) is 0 Å². The molecule has 0 atom stereocenters. The highest BCUT2D eigenvalue weighted by atomic mass is 16.2. The van der Waals surface area contributed by atoms with Crippen LogP contribution in [0.3, 0.4) is 0 Å². The number of hydrogen-bond donors (Lipinski definition) is 1. The molecule has 0 aliphatic carbocycles. The first-order valence-electron chi connectivity index (χ1n) is 5.94. The molecule has 5 nitrogen and oxygen atoms in total. The fourth-order valence-electron chi connectivity index (χ4n) is 2.29. The Hall–Kier alpha value is -1.36. The van der Waals surface area contributed by atoms with E-state index in [1.807, 2.05) is 24.9 Å². The molecule has 1 aromatic rings. The van der Waals surface area contributed by atoms with Gasteiger partial charge in [-0.25, -0.2) is 0 Å². The van der Waals surface area contributed by atoms with Gasteiger partial charge >= 0.3 is 0 Å². The summed E-state index contributed by atoms with van der Waals surface area (Å²) >= 11 is 0. The van der Waals surface area contributed by atoms with E-state index in [1.165, 1.54) is 0 Å². The third kappa shape index (κ3) is 2.49. The first-order valence-corrected chi connectivity index (χ1v) is 5.94. The minimum atomic E-state index is -0.0124. The van der Waals surface area contributed by atoms with Crippen LogP contribution in [0.1, 0.15) is 30.0 Å². The Morgan fingerprint density at radius 1 is 1.53 bits per heavy atom. The molecule has 1 fully saturated rings. The van der Waals surface area contributed by atoms with E-state index in [4.69, 9.17) is 0 Å². The lowest BCUT2D eigenvalue weighted by Gasteiger charge is -2.39. The minimum absolute atomic E-state index is 0.0124. The van der Waals surface area contributed by atoms with E-state index >= 15 is 0 Å². The van der Waals surface area contributed by atoms with Crippen LogP contribution in [-0.2, 0) is 7.05 Å². The highest BCUT2D eigenvalue weighted by molar-refractivity contribution is 5.92. The van der Waals surface area contributed by atoms with Crippen molar-refractivity contribution in [1.29, 1.82) is 0 Å². The molecule has 17 heavy (non-hydrogen) atoms. The van der Waals surface area contributed by atoms with Gasteiger partial charge in [0.25, 0.3) is 5.91 Å². The van der Waals surface area contributed by atoms with E-state index in [2.05, 4.69) is 24.3 Å². The monoisotopic (exact) mass is 236 g/mol. The second-order valence-electron chi connectivity index (χ2n) is 5.33. The van der Waals surface area contributed by atoms with Crippen molar-refractivity contribution in [2.75, 3.05) is 19.6 Å². The molecule has 0 aromatic carbocycles. The lowest BCUT2D eigenvalue weighted by atomic mass is 10.0. The van der Waals surface area contributed by atoms with Gasteiger partial charge in [0.2, 0.25) is 0 Å². The summed E-state index contributed by atoms with van der Waals surface area (Å²) in [6.45, 7) is 8.46. The van der Waals surface area contributed by atoms with Crippen LogP contribution in [0.15, 0.2) is 6.07 Å². The summed E-state index contributed by atoms with van der Waals surface area (Å²) in [5, 5.41) is 7.62. The summed E-state index contributed by atoms with van der Waals surface area (Å²) in [5.74, 6) is 0.0719. The van der Waals surface area contributed by atoms with Crippen LogP contribution in [0.25, 0.3) is 0 Å². The van der Waals surface area contributed by atoms with Gasteiger partial charge in [0.1, 0.15) is 5.69 Å². The zero-order valence-corrected chi connectivity index (χ0v) is 10.9. The average Bonchev–Trinajstić information content (AvgIpc) is 2.55. The quantitative estimate of drug-likeness (QED) is 0.775. The summed E-state index contributed by atoms with van der Waals surface area (Å²) in [7, 11) is 1.81. The van der Waals surface area contributed by atoms with E-state index in [-0.39, 0.29) is 11.4 Å². The van der Waals surface area contributed by atoms with Crippen molar-refractivity contribution in [2.24, 2.45) is 7.05 Å². The number of rotatable bonds is 1. The Balaban J connectivity index is 2.18. The van der Waals surface area contributed by atoms with Crippen molar-refractivity contribution in [3.05, 3.63) is 17.5 Å². The zero-order chi connectivity index (χ0) is 12.6. The summed E-state index contributed by atoms with van der Waals surface area (Å²) in [4.78, 5) is 14.3. The maximum atomic E-state index is 12.4. The van der Waals surface area contributed by atoms with Crippen LogP contribution in [0, 0.1) is 6.92 Å². The predicted octanol–water partition coefficient (Wildman–Crippen LogP) is 0.553. The largest absolute Gasteiger partial charge is 0.334 e. The smallest absolute Gasteiger partial charge is 0.272 e. The van der Waals surface area contributed by atoms with Gasteiger partial charge in [0, 0.05) is 32.2 Å². The van der Waals surface area contributed by atoms with Gasteiger partial charge in [-0.2, -0.15) is 5.10 Å². The van der Waals surface area contributed by atoms with Gasteiger partial charge < -0.3 is 10.2 Å². The maximum absolute atomic E-state index is 12.4. The molecule has 1 saturated heterocycles. The van der Waals surface area contributed by atoms with Crippen LogP contribution in [0.2, 0.25) is 0 Å². The number of nitrogens with one attached hydrogen (secondary N) is 1. The lowest BCUT2D eigenvalue weighted by molar-refractivity contribution is 0.0641. The van der Waals surface area contributed by atoms with Gasteiger partial charge in [-0.3, -0.25) is 9.48 Å². The fraction of sp³-hybridized carbons (Fsp3) is 0.667. The lowest BCUT2D eigenvalue weighted by Crippen LogP contribution is -2.58. The number of carbonyl (C=O) groups excluding carboxylic acids is 1. The average molecular weight is 236 g/mol. The number of aromatic nitrogens is 2. The second kappa shape index (κ2) is 4.14. The van der Waals surface area contributed by atoms with Crippen molar-refractivity contribution in [2.45, 2.75) is 26.3 Å². The molecule has 1 N–H and O–H groups in total. The minimum Gasteiger partial charge on any atom is -0.334 e. The van der Waals surface area contributed by atoms with Crippen LogP contribution >= 0.6 is 0 Å². The van der Waals surface area contributed by atoms with Crippen molar-refractivity contribution in [3.8, 4) is 0 Å². The molecule has 0 radical (unpaired) electrons. The molecule has 5 heteroatoms. The molecular weight excluding hydrogens is 216 g/mol.